The first kappa shape index (κ1) is 20.3. The molecular weight excluding hydrogens is 368 g/mol. The zero-order valence-corrected chi connectivity index (χ0v) is 16.8. The van der Waals surface area contributed by atoms with Gasteiger partial charge >= 0.3 is 5.97 Å². The first-order valence-electron chi connectivity index (χ1n) is 9.44. The maximum absolute atomic E-state index is 11.9. The Morgan fingerprint density at radius 1 is 1.00 bits per heavy atom. The second-order valence-corrected chi connectivity index (χ2v) is 7.22. The van der Waals surface area contributed by atoms with Crippen molar-refractivity contribution in [2.75, 3.05) is 6.54 Å². The molecule has 0 aliphatic heterocycles. The van der Waals surface area contributed by atoms with Gasteiger partial charge in [-0.15, -0.1) is 0 Å². The number of hydrogen-bond acceptors (Lipinski definition) is 4. The van der Waals surface area contributed by atoms with Gasteiger partial charge in [0.25, 0.3) is 0 Å². The number of aromatic nitrogens is 1. The van der Waals surface area contributed by atoms with Crippen molar-refractivity contribution >= 4 is 28.4 Å². The Labute approximate surface area is 169 Å². The molecular formula is C23H24N2O4. The smallest absolute Gasteiger partial charge is 0.303 e. The average molecular weight is 392 g/mol. The summed E-state index contributed by atoms with van der Waals surface area (Å²) < 4.78 is 1.78. The summed E-state index contributed by atoms with van der Waals surface area (Å²) in [6.07, 6.45) is -0.257. The van der Waals surface area contributed by atoms with Gasteiger partial charge in [0.2, 0.25) is 5.88 Å². The number of aliphatic imine (C=N–C) groups is 1. The van der Waals surface area contributed by atoms with Gasteiger partial charge < -0.3 is 10.2 Å². The van der Waals surface area contributed by atoms with Crippen LogP contribution in [0.3, 0.4) is 0 Å². The molecule has 0 amide bonds. The Morgan fingerprint density at radius 2 is 1.66 bits per heavy atom. The summed E-state index contributed by atoms with van der Waals surface area (Å²) in [6, 6.07) is 13.8. The molecule has 0 saturated carbocycles. The van der Waals surface area contributed by atoms with E-state index in [1.165, 1.54) is 0 Å². The van der Waals surface area contributed by atoms with Crippen molar-refractivity contribution < 1.29 is 19.8 Å². The van der Waals surface area contributed by atoms with Gasteiger partial charge in [-0.25, -0.2) is 0 Å². The van der Waals surface area contributed by atoms with Crippen LogP contribution in [0.1, 0.15) is 36.5 Å². The van der Waals surface area contributed by atoms with E-state index in [4.69, 9.17) is 5.11 Å². The number of aryl methyl sites for hydroxylation is 2. The number of carboxylic acids is 1. The first-order chi connectivity index (χ1) is 13.8. The molecule has 2 N–H and O–H groups in total. The van der Waals surface area contributed by atoms with Gasteiger partial charge in [-0.1, -0.05) is 29.8 Å². The summed E-state index contributed by atoms with van der Waals surface area (Å²) in [6.45, 7) is 5.63. The monoisotopic (exact) mass is 392 g/mol. The fraction of sp³-hybridized carbons (Fsp3) is 0.261. The first-order valence-corrected chi connectivity index (χ1v) is 9.44. The lowest BCUT2D eigenvalue weighted by atomic mass is 10.1. The highest BCUT2D eigenvalue weighted by Gasteiger charge is 2.20. The van der Waals surface area contributed by atoms with Crippen LogP contribution >= 0.6 is 0 Å². The number of carbonyl (C=O) groups excluding carboxylic acids is 1. The lowest BCUT2D eigenvalue weighted by Crippen LogP contribution is -2.08. The third kappa shape index (κ3) is 4.37. The minimum Gasteiger partial charge on any atom is -0.494 e. The number of benzene rings is 2. The second kappa shape index (κ2) is 8.31. The minimum absolute atomic E-state index is 0.0532. The number of ketones is 1. The Bertz CT molecular complexity index is 1110. The van der Waals surface area contributed by atoms with Crippen LogP contribution in [-0.2, 0) is 9.59 Å². The van der Waals surface area contributed by atoms with Crippen molar-refractivity contribution in [2.45, 2.75) is 33.6 Å². The summed E-state index contributed by atoms with van der Waals surface area (Å²) in [4.78, 5) is 26.8. The quantitative estimate of drug-likeness (QED) is 0.590. The molecule has 29 heavy (non-hydrogen) atoms. The summed E-state index contributed by atoms with van der Waals surface area (Å²) in [7, 11) is 0. The fourth-order valence-electron chi connectivity index (χ4n) is 3.31. The van der Waals surface area contributed by atoms with Crippen LogP contribution in [0.25, 0.3) is 16.6 Å². The minimum atomic E-state index is -1.01. The van der Waals surface area contributed by atoms with E-state index >= 15 is 0 Å². The number of aromatic hydroxyl groups is 1. The van der Waals surface area contributed by atoms with Gasteiger partial charge in [0.1, 0.15) is 0 Å². The Morgan fingerprint density at radius 3 is 2.31 bits per heavy atom. The maximum Gasteiger partial charge on any atom is 0.303 e. The van der Waals surface area contributed by atoms with E-state index in [1.807, 2.05) is 56.3 Å². The molecule has 0 bridgehead atoms. The van der Waals surface area contributed by atoms with Crippen molar-refractivity contribution in [3.8, 4) is 11.6 Å². The molecule has 150 valence electrons. The standard InChI is InChI=1S/C23H24N2O4/c1-14-4-7-17(8-5-14)25-20-12-15(2)6-10-19(20)22(23(25)29)16(3)24-13-18(26)9-11-21(27)28/h4-8,10,12,29H,9,11,13H2,1-3H3,(H,27,28). The van der Waals surface area contributed by atoms with Crippen molar-refractivity contribution in [2.24, 2.45) is 4.99 Å². The van der Waals surface area contributed by atoms with E-state index in [2.05, 4.69) is 4.99 Å². The highest BCUT2D eigenvalue weighted by molar-refractivity contribution is 6.13. The Hall–Kier alpha value is -3.41. The van der Waals surface area contributed by atoms with E-state index in [1.54, 1.807) is 11.5 Å². The molecule has 0 atom stereocenters. The summed E-state index contributed by atoms with van der Waals surface area (Å²) in [5.41, 5.74) is 4.98. The normalized spacial score (nSPS) is 11.8. The number of Topliss-reactive ketones (excluding diaryl/α,β-unsaturated/α-hetero) is 1. The largest absolute Gasteiger partial charge is 0.494 e. The molecule has 0 unspecified atom stereocenters. The molecule has 2 aromatic carbocycles. The second-order valence-electron chi connectivity index (χ2n) is 7.22. The molecule has 3 aromatic rings. The molecule has 1 aromatic heterocycles. The van der Waals surface area contributed by atoms with Crippen molar-refractivity contribution in [3.05, 3.63) is 59.2 Å². The molecule has 0 spiro atoms. The topological polar surface area (TPSA) is 91.9 Å². The molecule has 0 aliphatic rings. The molecule has 6 heteroatoms. The molecule has 6 nitrogen and oxygen atoms in total. The van der Waals surface area contributed by atoms with Gasteiger partial charge in [0, 0.05) is 23.2 Å². The molecule has 0 saturated heterocycles. The van der Waals surface area contributed by atoms with E-state index in [0.29, 0.717) is 11.3 Å². The van der Waals surface area contributed by atoms with E-state index < -0.39 is 5.97 Å². The van der Waals surface area contributed by atoms with E-state index in [9.17, 15) is 14.7 Å². The lowest BCUT2D eigenvalue weighted by molar-refractivity contribution is -0.138. The number of carbonyl (C=O) groups is 2. The highest BCUT2D eigenvalue weighted by Crippen LogP contribution is 2.35. The number of hydrogen-bond donors (Lipinski definition) is 2. The van der Waals surface area contributed by atoms with Crippen LogP contribution in [0.4, 0.5) is 0 Å². The highest BCUT2D eigenvalue weighted by atomic mass is 16.4. The van der Waals surface area contributed by atoms with Crippen LogP contribution in [0, 0.1) is 13.8 Å². The lowest BCUT2D eigenvalue weighted by Gasteiger charge is -2.08. The van der Waals surface area contributed by atoms with Gasteiger partial charge in [-0.3, -0.25) is 19.1 Å². The van der Waals surface area contributed by atoms with E-state index in [-0.39, 0.29) is 31.0 Å². The average Bonchev–Trinajstić information content (AvgIpc) is 2.96. The number of carboxylic acid groups (broad SMARTS) is 1. The number of rotatable bonds is 7. The zero-order valence-electron chi connectivity index (χ0n) is 16.8. The number of nitrogens with zero attached hydrogens (tertiary/aromatic N) is 2. The Balaban J connectivity index is 2.05. The fourth-order valence-corrected chi connectivity index (χ4v) is 3.31. The predicted octanol–water partition coefficient (Wildman–Crippen LogP) is 4.20. The van der Waals surface area contributed by atoms with Crippen molar-refractivity contribution in [1.82, 2.24) is 4.57 Å². The maximum atomic E-state index is 11.9. The Kier molecular flexibility index (Phi) is 5.82. The summed E-state index contributed by atoms with van der Waals surface area (Å²) in [5, 5.41) is 20.6. The molecule has 1 heterocycles. The van der Waals surface area contributed by atoms with Crippen molar-refractivity contribution in [1.29, 1.82) is 0 Å². The van der Waals surface area contributed by atoms with E-state index in [0.717, 1.165) is 27.7 Å². The van der Waals surface area contributed by atoms with Gasteiger partial charge in [-0.05, 0) is 44.5 Å². The summed E-state index contributed by atoms with van der Waals surface area (Å²) >= 11 is 0. The SMILES string of the molecule is CC(=NCC(=O)CCC(=O)O)c1c(O)n(-c2ccc(C)cc2)c2cc(C)ccc12. The number of fused-ring (bicyclic) bond motifs is 1. The predicted molar refractivity (Wildman–Crippen MR) is 113 cm³/mol. The van der Waals surface area contributed by atoms with Crippen molar-refractivity contribution in [3.63, 3.8) is 0 Å². The van der Waals surface area contributed by atoms with Crippen LogP contribution in [-0.4, -0.2) is 38.8 Å². The molecule has 0 aliphatic carbocycles. The number of aliphatic carboxylic acids is 1. The molecule has 0 radical (unpaired) electrons. The molecule has 0 fully saturated rings. The van der Waals surface area contributed by atoms with Gasteiger partial charge in [-0.2, -0.15) is 0 Å². The summed E-state index contributed by atoms with van der Waals surface area (Å²) in [5.74, 6) is -1.19. The molecule has 3 rings (SSSR count). The van der Waals surface area contributed by atoms with Crippen LogP contribution in [0.15, 0.2) is 47.5 Å². The van der Waals surface area contributed by atoms with Gasteiger partial charge in [0.05, 0.1) is 24.0 Å². The van der Waals surface area contributed by atoms with Gasteiger partial charge in [0.15, 0.2) is 5.78 Å². The zero-order chi connectivity index (χ0) is 21.1. The van der Waals surface area contributed by atoms with Crippen LogP contribution in [0.2, 0.25) is 0 Å². The third-order valence-electron chi connectivity index (χ3n) is 4.86. The third-order valence-corrected chi connectivity index (χ3v) is 4.86. The van der Waals surface area contributed by atoms with Crippen LogP contribution < -0.4 is 0 Å². The van der Waals surface area contributed by atoms with Crippen LogP contribution in [0.5, 0.6) is 5.88 Å².